The predicted molar refractivity (Wildman–Crippen MR) is 81.1 cm³/mol. The van der Waals surface area contributed by atoms with Crippen LogP contribution in [0.5, 0.6) is 0 Å². The number of aryl methyl sites for hydroxylation is 1. The van der Waals surface area contributed by atoms with Crippen LogP contribution in [0.15, 0.2) is 40.6 Å². The fraction of sp³-hybridized carbons (Fsp3) is 0.429. The van der Waals surface area contributed by atoms with E-state index in [1.807, 2.05) is 0 Å². The molecule has 1 aliphatic heterocycles. The molecule has 3 heterocycles. The number of H-pyrrole nitrogens is 1. The zero-order chi connectivity index (χ0) is 17.7. The molecule has 0 spiro atoms. The van der Waals surface area contributed by atoms with Crippen LogP contribution in [0.1, 0.15) is 11.8 Å². The molecule has 130 valence electrons. The summed E-state index contributed by atoms with van der Waals surface area (Å²) in [6.07, 6.45) is 1.36. The van der Waals surface area contributed by atoms with E-state index in [-0.39, 0.29) is 5.56 Å². The van der Waals surface area contributed by atoms with Gasteiger partial charge in [0.2, 0.25) is 0 Å². The SMILES string of the molecule is Cc1cn([C@@H]2O[C@H](CO)[C@@H](O)[C@H]2O)c(=O)[nH]c1=O.c1cncnc1. The number of hydrogen-bond acceptors (Lipinski definition) is 8. The molecule has 2 aromatic rings. The summed E-state index contributed by atoms with van der Waals surface area (Å²) in [5.74, 6) is 0. The minimum absolute atomic E-state index is 0.271. The number of aromatic amines is 1. The second kappa shape index (κ2) is 7.93. The Hall–Kier alpha value is -2.40. The smallest absolute Gasteiger partial charge is 0.330 e. The molecule has 0 radical (unpaired) electrons. The van der Waals surface area contributed by atoms with Gasteiger partial charge >= 0.3 is 5.69 Å². The van der Waals surface area contributed by atoms with Crippen LogP contribution in [0.25, 0.3) is 0 Å². The first-order valence-corrected chi connectivity index (χ1v) is 7.10. The number of aliphatic hydroxyl groups excluding tert-OH is 3. The maximum absolute atomic E-state index is 11.6. The molecule has 4 N–H and O–H groups in total. The maximum Gasteiger partial charge on any atom is 0.330 e. The lowest BCUT2D eigenvalue weighted by molar-refractivity contribution is -0.0551. The van der Waals surface area contributed by atoms with Crippen molar-refractivity contribution < 1.29 is 20.1 Å². The topological polar surface area (TPSA) is 151 Å². The number of aliphatic hydroxyl groups is 3. The van der Waals surface area contributed by atoms with Crippen molar-refractivity contribution in [1.82, 2.24) is 19.5 Å². The molecule has 0 aliphatic carbocycles. The largest absolute Gasteiger partial charge is 0.394 e. The Bertz CT molecular complexity index is 735. The van der Waals surface area contributed by atoms with Crippen LogP contribution >= 0.6 is 0 Å². The van der Waals surface area contributed by atoms with Crippen molar-refractivity contribution in [3.05, 3.63) is 57.4 Å². The lowest BCUT2D eigenvalue weighted by atomic mass is 10.1. The van der Waals surface area contributed by atoms with Gasteiger partial charge in [-0.2, -0.15) is 0 Å². The van der Waals surface area contributed by atoms with Gasteiger partial charge in [-0.05, 0) is 13.0 Å². The molecule has 10 nitrogen and oxygen atoms in total. The van der Waals surface area contributed by atoms with Crippen molar-refractivity contribution in [2.75, 3.05) is 6.61 Å². The summed E-state index contributed by atoms with van der Waals surface area (Å²) in [7, 11) is 0. The summed E-state index contributed by atoms with van der Waals surface area (Å²) in [5, 5.41) is 28.3. The fourth-order valence-corrected chi connectivity index (χ4v) is 2.14. The first-order chi connectivity index (χ1) is 11.5. The zero-order valence-corrected chi connectivity index (χ0v) is 12.8. The van der Waals surface area contributed by atoms with E-state index in [1.165, 1.54) is 19.4 Å². The van der Waals surface area contributed by atoms with E-state index in [2.05, 4.69) is 15.0 Å². The van der Waals surface area contributed by atoms with Gasteiger partial charge in [-0.15, -0.1) is 0 Å². The highest BCUT2D eigenvalue weighted by molar-refractivity contribution is 5.03. The van der Waals surface area contributed by atoms with Gasteiger partial charge in [0.15, 0.2) is 6.23 Å². The van der Waals surface area contributed by atoms with Crippen LogP contribution in [0.4, 0.5) is 0 Å². The average Bonchev–Trinajstić information content (AvgIpc) is 2.88. The first kappa shape index (κ1) is 17.9. The van der Waals surface area contributed by atoms with Crippen molar-refractivity contribution in [2.24, 2.45) is 0 Å². The normalized spacial score (nSPS) is 25.8. The molecule has 0 bridgehead atoms. The summed E-state index contributed by atoms with van der Waals surface area (Å²) >= 11 is 0. The molecule has 4 atom stereocenters. The average molecular weight is 338 g/mol. The Morgan fingerprint density at radius 3 is 2.38 bits per heavy atom. The predicted octanol–water partition coefficient (Wildman–Crippen LogP) is -2.07. The zero-order valence-electron chi connectivity index (χ0n) is 12.8. The highest BCUT2D eigenvalue weighted by atomic mass is 16.6. The van der Waals surface area contributed by atoms with Gasteiger partial charge < -0.3 is 20.1 Å². The molecular weight excluding hydrogens is 320 g/mol. The van der Waals surface area contributed by atoms with E-state index in [0.717, 1.165) is 4.57 Å². The lowest BCUT2D eigenvalue weighted by Gasteiger charge is -2.17. The van der Waals surface area contributed by atoms with Crippen molar-refractivity contribution in [3.8, 4) is 0 Å². The number of aromatic nitrogens is 4. The number of ether oxygens (including phenoxy) is 1. The Morgan fingerprint density at radius 2 is 1.92 bits per heavy atom. The number of nitrogens with one attached hydrogen (secondary N) is 1. The Balaban J connectivity index is 0.000000292. The summed E-state index contributed by atoms with van der Waals surface area (Å²) < 4.78 is 6.17. The maximum atomic E-state index is 11.6. The molecule has 1 fully saturated rings. The quantitative estimate of drug-likeness (QED) is 0.488. The summed E-state index contributed by atoms with van der Waals surface area (Å²) in [6, 6.07) is 1.78. The van der Waals surface area contributed by atoms with Crippen LogP contribution in [0, 0.1) is 6.92 Å². The Morgan fingerprint density at radius 1 is 1.25 bits per heavy atom. The van der Waals surface area contributed by atoms with Crippen molar-refractivity contribution in [3.63, 3.8) is 0 Å². The Labute approximate surface area is 136 Å². The van der Waals surface area contributed by atoms with E-state index < -0.39 is 42.4 Å². The van der Waals surface area contributed by atoms with Crippen LogP contribution in [-0.2, 0) is 4.74 Å². The monoisotopic (exact) mass is 338 g/mol. The van der Waals surface area contributed by atoms with Crippen LogP contribution in [0.2, 0.25) is 0 Å². The molecule has 0 aromatic carbocycles. The van der Waals surface area contributed by atoms with E-state index in [4.69, 9.17) is 9.84 Å². The fourth-order valence-electron chi connectivity index (χ4n) is 2.14. The molecule has 0 unspecified atom stereocenters. The molecule has 2 aromatic heterocycles. The highest BCUT2D eigenvalue weighted by Gasteiger charge is 2.43. The van der Waals surface area contributed by atoms with Crippen LogP contribution in [-0.4, -0.2) is 59.8 Å². The number of hydrogen-bond donors (Lipinski definition) is 4. The molecule has 0 amide bonds. The third kappa shape index (κ3) is 3.92. The minimum Gasteiger partial charge on any atom is -0.394 e. The standard InChI is InChI=1S/C10H14N2O6.C4H4N2/c1-4-2-12(10(17)11-8(4)16)9-7(15)6(14)5(3-13)18-9;1-2-5-4-6-3-1/h2,5-7,9,13-15H,3H2,1H3,(H,11,16,17);1-4H/t5-,6-,7-,9-;/m1./s1. The van der Waals surface area contributed by atoms with Gasteiger partial charge in [-0.1, -0.05) is 0 Å². The molecule has 1 saturated heterocycles. The van der Waals surface area contributed by atoms with Crippen LogP contribution < -0.4 is 11.2 Å². The van der Waals surface area contributed by atoms with Gasteiger partial charge in [-0.25, -0.2) is 14.8 Å². The second-order valence-corrected chi connectivity index (χ2v) is 5.11. The molecule has 3 rings (SSSR count). The van der Waals surface area contributed by atoms with E-state index in [1.54, 1.807) is 18.5 Å². The molecule has 0 saturated carbocycles. The number of nitrogens with zero attached hydrogens (tertiary/aromatic N) is 3. The molecular formula is C14H18N4O6. The first-order valence-electron chi connectivity index (χ1n) is 7.10. The van der Waals surface area contributed by atoms with Gasteiger partial charge in [0.1, 0.15) is 24.6 Å². The summed E-state index contributed by atoms with van der Waals surface area (Å²) in [4.78, 5) is 32.2. The Kier molecular flexibility index (Phi) is 5.93. The third-order valence-corrected chi connectivity index (χ3v) is 3.41. The minimum atomic E-state index is -1.36. The molecule has 1 aliphatic rings. The van der Waals surface area contributed by atoms with Gasteiger partial charge in [-0.3, -0.25) is 14.3 Å². The number of rotatable bonds is 2. The van der Waals surface area contributed by atoms with Crippen molar-refractivity contribution in [1.29, 1.82) is 0 Å². The highest BCUT2D eigenvalue weighted by Crippen LogP contribution is 2.27. The third-order valence-electron chi connectivity index (χ3n) is 3.41. The van der Waals surface area contributed by atoms with Crippen molar-refractivity contribution >= 4 is 0 Å². The summed E-state index contributed by atoms with van der Waals surface area (Å²) in [6.45, 7) is 1.02. The van der Waals surface area contributed by atoms with Gasteiger partial charge in [0, 0.05) is 24.2 Å². The van der Waals surface area contributed by atoms with Crippen LogP contribution in [0.3, 0.4) is 0 Å². The van der Waals surface area contributed by atoms with Gasteiger partial charge in [0.05, 0.1) is 6.61 Å². The lowest BCUT2D eigenvalue weighted by Crippen LogP contribution is -2.38. The molecule has 24 heavy (non-hydrogen) atoms. The van der Waals surface area contributed by atoms with E-state index in [0.29, 0.717) is 0 Å². The summed E-state index contributed by atoms with van der Waals surface area (Å²) in [5.41, 5.74) is -1.00. The second-order valence-electron chi connectivity index (χ2n) is 5.11. The van der Waals surface area contributed by atoms with Gasteiger partial charge in [0.25, 0.3) is 5.56 Å². The van der Waals surface area contributed by atoms with E-state index >= 15 is 0 Å². The van der Waals surface area contributed by atoms with E-state index in [9.17, 15) is 19.8 Å². The van der Waals surface area contributed by atoms with Crippen molar-refractivity contribution in [2.45, 2.75) is 31.5 Å². The molecule has 10 heteroatoms.